The molecule has 1 aliphatic rings. The summed E-state index contributed by atoms with van der Waals surface area (Å²) in [6.07, 6.45) is 7.05. The second kappa shape index (κ2) is 4.85. The molecule has 0 unspecified atom stereocenters. The van der Waals surface area contributed by atoms with Gasteiger partial charge in [0, 0.05) is 0 Å². The van der Waals surface area contributed by atoms with E-state index in [0.29, 0.717) is 15.9 Å². The van der Waals surface area contributed by atoms with Crippen molar-refractivity contribution in [2.45, 2.75) is 24.4 Å². The zero-order valence-corrected chi connectivity index (χ0v) is 11.4. The molecular formula is C11H12ClN5S. The number of halogens is 1. The molecule has 94 valence electrons. The van der Waals surface area contributed by atoms with E-state index >= 15 is 0 Å². The highest BCUT2D eigenvalue weighted by Crippen LogP contribution is 2.35. The van der Waals surface area contributed by atoms with E-state index in [0.717, 1.165) is 23.7 Å². The summed E-state index contributed by atoms with van der Waals surface area (Å²) in [6.45, 7) is 0. The number of aromatic nitrogens is 5. The zero-order valence-electron chi connectivity index (χ0n) is 9.85. The van der Waals surface area contributed by atoms with E-state index in [-0.39, 0.29) is 0 Å². The average Bonchev–Trinajstić information content (AvgIpc) is 3.07. The number of hydrogen-bond donors (Lipinski definition) is 1. The fourth-order valence-electron chi connectivity index (χ4n) is 1.80. The molecule has 1 N–H and O–H groups in total. The van der Waals surface area contributed by atoms with Crippen LogP contribution in [-0.4, -0.2) is 31.6 Å². The lowest BCUT2D eigenvalue weighted by Crippen LogP contribution is -1.96. The topological polar surface area (TPSA) is 67.3 Å². The van der Waals surface area contributed by atoms with Gasteiger partial charge in [0.05, 0.1) is 16.9 Å². The first kappa shape index (κ1) is 11.9. The van der Waals surface area contributed by atoms with Crippen molar-refractivity contribution in [1.82, 2.24) is 25.4 Å². The molecule has 2 heterocycles. The maximum absolute atomic E-state index is 6.15. The van der Waals surface area contributed by atoms with Crippen LogP contribution in [0.25, 0.3) is 11.4 Å². The Labute approximate surface area is 114 Å². The fourth-order valence-corrected chi connectivity index (χ4v) is 2.32. The largest absolute Gasteiger partial charge is 0.230 e. The summed E-state index contributed by atoms with van der Waals surface area (Å²) in [5, 5.41) is 12.3. The van der Waals surface area contributed by atoms with Gasteiger partial charge in [0.15, 0.2) is 5.16 Å². The highest BCUT2D eigenvalue weighted by atomic mass is 35.5. The molecule has 0 atom stereocenters. The molecule has 0 amide bonds. The van der Waals surface area contributed by atoms with E-state index in [1.54, 1.807) is 6.20 Å². The minimum atomic E-state index is 0.513. The molecule has 1 fully saturated rings. The lowest BCUT2D eigenvalue weighted by Gasteiger charge is -2.03. The molecule has 0 bridgehead atoms. The number of hydrogen-bond acceptors (Lipinski definition) is 5. The van der Waals surface area contributed by atoms with Gasteiger partial charge < -0.3 is 0 Å². The van der Waals surface area contributed by atoms with Crippen molar-refractivity contribution in [1.29, 1.82) is 0 Å². The van der Waals surface area contributed by atoms with Crippen molar-refractivity contribution in [3.63, 3.8) is 0 Å². The highest BCUT2D eigenvalue weighted by Gasteiger charge is 2.26. The molecule has 0 saturated heterocycles. The molecule has 7 heteroatoms. The van der Waals surface area contributed by atoms with Crippen LogP contribution in [0.3, 0.4) is 0 Å². The molecule has 0 radical (unpaired) electrons. The van der Waals surface area contributed by atoms with Crippen LogP contribution in [-0.2, 0) is 6.42 Å². The van der Waals surface area contributed by atoms with Gasteiger partial charge in [-0.05, 0) is 31.4 Å². The zero-order chi connectivity index (χ0) is 12.5. The monoisotopic (exact) mass is 281 g/mol. The van der Waals surface area contributed by atoms with Gasteiger partial charge in [0.25, 0.3) is 0 Å². The maximum Gasteiger partial charge on any atom is 0.187 e. The normalized spacial score (nSPS) is 15.0. The van der Waals surface area contributed by atoms with Crippen molar-refractivity contribution >= 4 is 23.4 Å². The first-order valence-electron chi connectivity index (χ1n) is 5.74. The predicted molar refractivity (Wildman–Crippen MR) is 70.6 cm³/mol. The predicted octanol–water partition coefficient (Wildman–Crippen LogP) is 2.59. The number of thioether (sulfide) groups is 1. The summed E-state index contributed by atoms with van der Waals surface area (Å²) in [5.41, 5.74) is 2.37. The van der Waals surface area contributed by atoms with Crippen LogP contribution in [0.5, 0.6) is 0 Å². The molecule has 2 aromatic rings. The fraction of sp³-hybridized carbons (Fsp3) is 0.455. The quantitative estimate of drug-likeness (QED) is 0.689. The van der Waals surface area contributed by atoms with Crippen LogP contribution < -0.4 is 0 Å². The van der Waals surface area contributed by atoms with Gasteiger partial charge in [-0.25, -0.2) is 9.97 Å². The second-order valence-corrected chi connectivity index (χ2v) is 5.50. The highest BCUT2D eigenvalue weighted by molar-refractivity contribution is 7.98. The molecular weight excluding hydrogens is 270 g/mol. The van der Waals surface area contributed by atoms with E-state index < -0.39 is 0 Å². The Balaban J connectivity index is 2.00. The SMILES string of the molecule is CSc1ncc(Cl)c(-c2n[nH]nc2CC2CC2)n1. The first-order valence-corrected chi connectivity index (χ1v) is 7.34. The number of aromatic amines is 1. The van der Waals surface area contributed by atoms with E-state index in [1.807, 2.05) is 6.26 Å². The number of nitrogens with zero attached hydrogens (tertiary/aromatic N) is 4. The number of nitrogens with one attached hydrogen (secondary N) is 1. The van der Waals surface area contributed by atoms with E-state index in [2.05, 4.69) is 25.4 Å². The minimum Gasteiger partial charge on any atom is -0.230 e. The molecule has 0 aliphatic heterocycles. The lowest BCUT2D eigenvalue weighted by atomic mass is 10.1. The third kappa shape index (κ3) is 2.35. The van der Waals surface area contributed by atoms with Crippen LogP contribution in [0.4, 0.5) is 0 Å². The van der Waals surface area contributed by atoms with Crippen LogP contribution in [0.15, 0.2) is 11.4 Å². The van der Waals surface area contributed by atoms with Gasteiger partial charge in [-0.15, -0.1) is 0 Å². The molecule has 0 aromatic carbocycles. The van der Waals surface area contributed by atoms with Crippen LogP contribution in [0.1, 0.15) is 18.5 Å². The summed E-state index contributed by atoms with van der Waals surface area (Å²) in [5.74, 6) is 0.745. The van der Waals surface area contributed by atoms with Gasteiger partial charge in [0.2, 0.25) is 0 Å². The third-order valence-corrected chi connectivity index (χ3v) is 3.77. The Morgan fingerprint density at radius 1 is 1.39 bits per heavy atom. The van der Waals surface area contributed by atoms with Gasteiger partial charge in [-0.3, -0.25) is 0 Å². The van der Waals surface area contributed by atoms with E-state index in [1.165, 1.54) is 24.6 Å². The van der Waals surface area contributed by atoms with E-state index in [9.17, 15) is 0 Å². The smallest absolute Gasteiger partial charge is 0.187 e. The molecule has 3 rings (SSSR count). The van der Waals surface area contributed by atoms with Crippen LogP contribution in [0, 0.1) is 5.92 Å². The van der Waals surface area contributed by atoms with Gasteiger partial charge >= 0.3 is 0 Å². The summed E-state index contributed by atoms with van der Waals surface area (Å²) >= 11 is 7.63. The summed E-state index contributed by atoms with van der Waals surface area (Å²) in [6, 6.07) is 0. The molecule has 0 spiro atoms. The Hall–Kier alpha value is -1.14. The summed E-state index contributed by atoms with van der Waals surface area (Å²) < 4.78 is 0. The maximum atomic E-state index is 6.15. The van der Waals surface area contributed by atoms with Gasteiger partial charge in [-0.1, -0.05) is 23.4 Å². The Morgan fingerprint density at radius 2 is 2.22 bits per heavy atom. The van der Waals surface area contributed by atoms with Crippen molar-refractivity contribution < 1.29 is 0 Å². The Kier molecular flexibility index (Phi) is 3.22. The third-order valence-electron chi connectivity index (χ3n) is 2.93. The van der Waals surface area contributed by atoms with E-state index in [4.69, 9.17) is 11.6 Å². The average molecular weight is 282 g/mol. The first-order chi connectivity index (χ1) is 8.78. The van der Waals surface area contributed by atoms with Crippen molar-refractivity contribution in [3.8, 4) is 11.4 Å². The molecule has 5 nitrogen and oxygen atoms in total. The minimum absolute atomic E-state index is 0.513. The van der Waals surface area contributed by atoms with Gasteiger partial charge in [-0.2, -0.15) is 15.4 Å². The summed E-state index contributed by atoms with van der Waals surface area (Å²) in [4.78, 5) is 8.55. The Bertz CT molecular complexity index is 566. The second-order valence-electron chi connectivity index (χ2n) is 4.32. The number of rotatable bonds is 4. The molecule has 1 aliphatic carbocycles. The van der Waals surface area contributed by atoms with Crippen molar-refractivity contribution in [2.24, 2.45) is 5.92 Å². The molecule has 2 aromatic heterocycles. The Morgan fingerprint density at radius 3 is 2.94 bits per heavy atom. The van der Waals surface area contributed by atoms with Crippen molar-refractivity contribution in [2.75, 3.05) is 6.26 Å². The standard InChI is InChI=1S/C11H12ClN5S/c1-18-11-13-5-7(12)9(14-11)10-8(15-17-16-10)4-6-2-3-6/h5-6H,2-4H2,1H3,(H,15,16,17). The van der Waals surface area contributed by atoms with Gasteiger partial charge in [0.1, 0.15) is 11.4 Å². The van der Waals surface area contributed by atoms with Crippen molar-refractivity contribution in [3.05, 3.63) is 16.9 Å². The molecule has 1 saturated carbocycles. The van der Waals surface area contributed by atoms with Crippen LogP contribution >= 0.6 is 23.4 Å². The summed E-state index contributed by atoms with van der Waals surface area (Å²) in [7, 11) is 0. The van der Waals surface area contributed by atoms with Crippen LogP contribution in [0.2, 0.25) is 5.02 Å². The molecule has 18 heavy (non-hydrogen) atoms. The number of H-pyrrole nitrogens is 1. The lowest BCUT2D eigenvalue weighted by molar-refractivity contribution is 0.793.